The highest BCUT2D eigenvalue weighted by Crippen LogP contribution is 2.26. The van der Waals surface area contributed by atoms with Crippen LogP contribution in [0.2, 0.25) is 0 Å². The predicted octanol–water partition coefficient (Wildman–Crippen LogP) is 3.59. The summed E-state index contributed by atoms with van der Waals surface area (Å²) < 4.78 is 5.43. The summed E-state index contributed by atoms with van der Waals surface area (Å²) >= 11 is 0. The van der Waals surface area contributed by atoms with E-state index in [2.05, 4.69) is 30.1 Å². The van der Waals surface area contributed by atoms with E-state index in [1.54, 1.807) is 12.3 Å². The van der Waals surface area contributed by atoms with Crippen molar-refractivity contribution in [1.82, 2.24) is 9.88 Å². The van der Waals surface area contributed by atoms with Crippen LogP contribution in [-0.4, -0.2) is 49.1 Å². The fourth-order valence-corrected chi connectivity index (χ4v) is 3.69. The first-order valence-electron chi connectivity index (χ1n) is 10.7. The van der Waals surface area contributed by atoms with Gasteiger partial charge in [-0.15, -0.1) is 0 Å². The Morgan fingerprint density at radius 2 is 2.13 bits per heavy atom. The number of amides is 1. The van der Waals surface area contributed by atoms with Crippen LogP contribution in [0.4, 0.5) is 5.82 Å². The van der Waals surface area contributed by atoms with E-state index >= 15 is 0 Å². The monoisotopic (exact) mass is 406 g/mol. The summed E-state index contributed by atoms with van der Waals surface area (Å²) in [4.78, 5) is 19.6. The molecule has 0 saturated carbocycles. The highest BCUT2D eigenvalue weighted by molar-refractivity contribution is 5.78. The second kappa shape index (κ2) is 10.6. The largest absolute Gasteiger partial charge is 0.493 e. The molecule has 1 aromatic heterocycles. The summed E-state index contributed by atoms with van der Waals surface area (Å²) in [5.74, 6) is 2.16. The van der Waals surface area contributed by atoms with Gasteiger partial charge in [-0.25, -0.2) is 4.98 Å². The van der Waals surface area contributed by atoms with Gasteiger partial charge >= 0.3 is 0 Å². The Kier molecular flexibility index (Phi) is 7.67. The zero-order valence-electron chi connectivity index (χ0n) is 17.9. The third kappa shape index (κ3) is 5.73. The number of hydrogen-bond acceptors (Lipinski definition) is 5. The molecule has 6 heteroatoms. The van der Waals surface area contributed by atoms with Gasteiger partial charge in [-0.2, -0.15) is 5.26 Å². The van der Waals surface area contributed by atoms with Crippen molar-refractivity contribution >= 4 is 11.7 Å². The first-order chi connectivity index (χ1) is 14.6. The van der Waals surface area contributed by atoms with E-state index in [-0.39, 0.29) is 5.91 Å². The Hall–Kier alpha value is -3.07. The Balaban J connectivity index is 0.000000184. The normalized spacial score (nSPS) is 14.4. The molecule has 0 atom stereocenters. The molecule has 0 unspecified atom stereocenters. The van der Waals surface area contributed by atoms with E-state index in [0.717, 1.165) is 50.7 Å². The summed E-state index contributed by atoms with van der Waals surface area (Å²) in [7, 11) is 1.94. The standard InChI is InChI=1S/C13H16N4O.C11H14O/c1-16(7-8-17-6-2-3-13(17)18)12-5-4-11(9-14)10-15-12;1-2-3-9-4-5-11-10(8-9)6-7-12-11/h4-5,10H,2-3,6-8H2,1H3;4-5,8H,2-3,6-7H2,1H3. The van der Waals surface area contributed by atoms with Crippen LogP contribution in [0.15, 0.2) is 36.5 Å². The number of benzene rings is 1. The van der Waals surface area contributed by atoms with Crippen molar-refractivity contribution in [1.29, 1.82) is 5.26 Å². The molecule has 4 rings (SSSR count). The molecule has 0 N–H and O–H groups in total. The lowest BCUT2D eigenvalue weighted by atomic mass is 10.1. The summed E-state index contributed by atoms with van der Waals surface area (Å²) in [5.41, 5.74) is 3.39. The molecule has 30 heavy (non-hydrogen) atoms. The Morgan fingerprint density at radius 3 is 2.80 bits per heavy atom. The van der Waals surface area contributed by atoms with Crippen molar-refractivity contribution in [3.8, 4) is 11.8 Å². The van der Waals surface area contributed by atoms with E-state index in [0.29, 0.717) is 12.0 Å². The molecule has 3 heterocycles. The highest BCUT2D eigenvalue weighted by Gasteiger charge is 2.20. The van der Waals surface area contributed by atoms with Gasteiger partial charge in [0, 0.05) is 45.7 Å². The minimum absolute atomic E-state index is 0.246. The molecule has 1 aromatic carbocycles. The molecule has 2 aliphatic heterocycles. The summed E-state index contributed by atoms with van der Waals surface area (Å²) in [6.07, 6.45) is 6.71. The molecule has 1 amide bonds. The van der Waals surface area contributed by atoms with Crippen LogP contribution in [0.25, 0.3) is 0 Å². The van der Waals surface area contributed by atoms with Crippen LogP contribution < -0.4 is 9.64 Å². The molecule has 0 spiro atoms. The van der Waals surface area contributed by atoms with Gasteiger partial charge in [0.05, 0.1) is 12.2 Å². The SMILES string of the molecule is CCCc1ccc2c(c1)CCO2.CN(CCN1CCCC1=O)c1ccc(C#N)cn1. The smallest absolute Gasteiger partial charge is 0.222 e. The van der Waals surface area contributed by atoms with Gasteiger partial charge in [0.15, 0.2) is 0 Å². The van der Waals surface area contributed by atoms with Gasteiger partial charge in [-0.1, -0.05) is 25.5 Å². The minimum atomic E-state index is 0.246. The molecular formula is C24H30N4O2. The maximum absolute atomic E-state index is 11.5. The molecule has 0 bridgehead atoms. The molecule has 1 fully saturated rings. The molecule has 1 saturated heterocycles. The zero-order valence-corrected chi connectivity index (χ0v) is 17.9. The number of nitrogens with zero attached hydrogens (tertiary/aromatic N) is 4. The number of carbonyl (C=O) groups is 1. The number of aryl methyl sites for hydroxylation is 1. The van der Waals surface area contributed by atoms with Crippen LogP contribution in [0, 0.1) is 11.3 Å². The van der Waals surface area contributed by atoms with Crippen LogP contribution in [0.5, 0.6) is 5.75 Å². The average Bonchev–Trinajstić information content (AvgIpc) is 3.41. The number of ether oxygens (including phenoxy) is 1. The first kappa shape index (κ1) is 21.6. The van der Waals surface area contributed by atoms with Crippen LogP contribution >= 0.6 is 0 Å². The second-order valence-electron chi connectivity index (χ2n) is 7.71. The number of pyridine rings is 1. The van der Waals surface area contributed by atoms with Gasteiger partial charge in [0.1, 0.15) is 17.6 Å². The number of likely N-dealkylation sites (N-methyl/N-ethyl adjacent to an activating group) is 1. The third-order valence-electron chi connectivity index (χ3n) is 5.44. The number of likely N-dealkylation sites (tertiary alicyclic amines) is 1. The minimum Gasteiger partial charge on any atom is -0.493 e. The van der Waals surface area contributed by atoms with Gasteiger partial charge in [-0.05, 0) is 42.2 Å². The van der Waals surface area contributed by atoms with E-state index in [4.69, 9.17) is 10.00 Å². The van der Waals surface area contributed by atoms with Crippen LogP contribution in [0.1, 0.15) is 42.9 Å². The van der Waals surface area contributed by atoms with Gasteiger partial charge in [0.25, 0.3) is 0 Å². The fourth-order valence-electron chi connectivity index (χ4n) is 3.69. The Labute approximate surface area is 179 Å². The maximum atomic E-state index is 11.5. The third-order valence-corrected chi connectivity index (χ3v) is 5.44. The van der Waals surface area contributed by atoms with Crippen LogP contribution in [-0.2, 0) is 17.6 Å². The lowest BCUT2D eigenvalue weighted by Crippen LogP contribution is -2.34. The van der Waals surface area contributed by atoms with E-state index in [9.17, 15) is 4.79 Å². The van der Waals surface area contributed by atoms with E-state index in [1.165, 1.54) is 24.0 Å². The summed E-state index contributed by atoms with van der Waals surface area (Å²) in [5, 5.41) is 8.70. The van der Waals surface area contributed by atoms with Crippen molar-refractivity contribution in [3.63, 3.8) is 0 Å². The molecular weight excluding hydrogens is 376 g/mol. The van der Waals surface area contributed by atoms with E-state index < -0.39 is 0 Å². The zero-order chi connectivity index (χ0) is 21.3. The predicted molar refractivity (Wildman–Crippen MR) is 118 cm³/mol. The molecule has 158 valence electrons. The van der Waals surface area contributed by atoms with Gasteiger partial charge in [-0.3, -0.25) is 4.79 Å². The first-order valence-corrected chi connectivity index (χ1v) is 10.7. The number of rotatable bonds is 6. The molecule has 6 nitrogen and oxygen atoms in total. The topological polar surface area (TPSA) is 69.5 Å². The number of aromatic nitrogens is 1. The second-order valence-corrected chi connectivity index (χ2v) is 7.71. The lowest BCUT2D eigenvalue weighted by molar-refractivity contribution is -0.127. The van der Waals surface area contributed by atoms with Crippen molar-refractivity contribution in [2.75, 3.05) is 38.2 Å². The number of fused-ring (bicyclic) bond motifs is 1. The highest BCUT2D eigenvalue weighted by atomic mass is 16.5. The fraction of sp³-hybridized carbons (Fsp3) is 0.458. The summed E-state index contributed by atoms with van der Waals surface area (Å²) in [6, 6.07) is 12.2. The average molecular weight is 407 g/mol. The number of carbonyl (C=O) groups excluding carboxylic acids is 1. The van der Waals surface area contributed by atoms with E-state index in [1.807, 2.05) is 29.0 Å². The molecule has 0 aliphatic carbocycles. The van der Waals surface area contributed by atoms with Crippen molar-refractivity contribution in [3.05, 3.63) is 53.2 Å². The number of nitriles is 1. The Morgan fingerprint density at radius 1 is 1.27 bits per heavy atom. The molecule has 2 aliphatic rings. The number of anilines is 1. The lowest BCUT2D eigenvalue weighted by Gasteiger charge is -2.22. The molecule has 2 aromatic rings. The van der Waals surface area contributed by atoms with Crippen molar-refractivity contribution in [2.45, 2.75) is 39.0 Å². The van der Waals surface area contributed by atoms with Crippen molar-refractivity contribution < 1.29 is 9.53 Å². The number of hydrogen-bond donors (Lipinski definition) is 0. The van der Waals surface area contributed by atoms with Gasteiger partial charge < -0.3 is 14.5 Å². The quantitative estimate of drug-likeness (QED) is 0.733. The Bertz CT molecular complexity index is 889. The molecule has 0 radical (unpaired) electrons. The van der Waals surface area contributed by atoms with Gasteiger partial charge in [0.2, 0.25) is 5.91 Å². The maximum Gasteiger partial charge on any atom is 0.222 e. The summed E-state index contributed by atoms with van der Waals surface area (Å²) in [6.45, 7) is 5.43. The van der Waals surface area contributed by atoms with Crippen molar-refractivity contribution in [2.24, 2.45) is 0 Å². The van der Waals surface area contributed by atoms with Crippen LogP contribution in [0.3, 0.4) is 0 Å².